The highest BCUT2D eigenvalue weighted by molar-refractivity contribution is 5.32. The largest absolute Gasteiger partial charge is 0.488 e. The molecule has 3 unspecified atom stereocenters. The van der Waals surface area contributed by atoms with Crippen molar-refractivity contribution in [1.82, 2.24) is 5.32 Å². The van der Waals surface area contributed by atoms with Gasteiger partial charge in [0, 0.05) is 19.6 Å². The second-order valence-corrected chi connectivity index (χ2v) is 4.63. The van der Waals surface area contributed by atoms with Gasteiger partial charge in [0.25, 0.3) is 0 Å². The Morgan fingerprint density at radius 1 is 1.30 bits per heavy atom. The number of methoxy groups -OCH3 is 1. The van der Waals surface area contributed by atoms with Crippen molar-refractivity contribution in [2.45, 2.75) is 30.8 Å². The van der Waals surface area contributed by atoms with E-state index in [0.717, 1.165) is 6.07 Å². The molecule has 0 spiro atoms. The lowest BCUT2D eigenvalue weighted by Crippen LogP contribution is -2.60. The zero-order valence-electron chi connectivity index (χ0n) is 11.0. The monoisotopic (exact) mass is 293 g/mol. The van der Waals surface area contributed by atoms with Crippen molar-refractivity contribution in [3.8, 4) is 5.75 Å². The molecular formula is C13H15F4NO2. The Morgan fingerprint density at radius 3 is 2.55 bits per heavy atom. The smallest absolute Gasteiger partial charge is 0.419 e. The maximum absolute atomic E-state index is 13.1. The Bertz CT molecular complexity index is 478. The highest BCUT2D eigenvalue weighted by Crippen LogP contribution is 2.35. The first-order valence-electron chi connectivity index (χ1n) is 6.10. The quantitative estimate of drug-likeness (QED) is 0.866. The van der Waals surface area contributed by atoms with E-state index in [1.165, 1.54) is 13.2 Å². The number of nitrogens with one attached hydrogen (secondary N) is 1. The van der Waals surface area contributed by atoms with Crippen molar-refractivity contribution in [1.29, 1.82) is 0 Å². The molecule has 1 saturated carbocycles. The molecule has 7 heteroatoms. The number of alkyl halides is 3. The van der Waals surface area contributed by atoms with Crippen LogP contribution in [-0.2, 0) is 10.9 Å². The van der Waals surface area contributed by atoms with Gasteiger partial charge in [0.2, 0.25) is 0 Å². The van der Waals surface area contributed by atoms with Gasteiger partial charge in [0.1, 0.15) is 23.8 Å². The zero-order valence-corrected chi connectivity index (χ0v) is 11.0. The predicted molar refractivity (Wildman–Crippen MR) is 64.1 cm³/mol. The molecule has 0 amide bonds. The van der Waals surface area contributed by atoms with Crippen molar-refractivity contribution in [3.05, 3.63) is 29.6 Å². The number of rotatable bonds is 4. The van der Waals surface area contributed by atoms with E-state index >= 15 is 0 Å². The number of hydrogen-bond acceptors (Lipinski definition) is 3. The van der Waals surface area contributed by atoms with Gasteiger partial charge in [-0.3, -0.25) is 0 Å². The minimum absolute atomic E-state index is 0.0136. The molecule has 20 heavy (non-hydrogen) atoms. The van der Waals surface area contributed by atoms with Gasteiger partial charge in [0.15, 0.2) is 0 Å². The fraction of sp³-hybridized carbons (Fsp3) is 0.538. The Labute approximate surface area is 113 Å². The summed E-state index contributed by atoms with van der Waals surface area (Å²) in [6.07, 6.45) is -4.70. The molecule has 1 aliphatic carbocycles. The third kappa shape index (κ3) is 2.88. The van der Waals surface area contributed by atoms with E-state index in [1.807, 2.05) is 0 Å². The van der Waals surface area contributed by atoms with Crippen LogP contribution in [0, 0.1) is 5.82 Å². The maximum atomic E-state index is 13.1. The van der Waals surface area contributed by atoms with E-state index < -0.39 is 17.6 Å². The number of ether oxygens (including phenoxy) is 2. The Kier molecular flexibility index (Phi) is 4.19. The molecule has 3 nitrogen and oxygen atoms in total. The van der Waals surface area contributed by atoms with E-state index in [0.29, 0.717) is 12.5 Å². The highest BCUT2D eigenvalue weighted by Gasteiger charge is 2.42. The van der Waals surface area contributed by atoms with Gasteiger partial charge >= 0.3 is 6.18 Å². The van der Waals surface area contributed by atoms with E-state index in [2.05, 4.69) is 5.32 Å². The van der Waals surface area contributed by atoms with Crippen LogP contribution in [0.5, 0.6) is 5.75 Å². The molecule has 0 aliphatic heterocycles. The standard InChI is InChI=1S/C13H15F4NO2/c1-18-10-6-11(12(10)19-2)20-7-3-4-9(14)8(5-7)13(15,16)17/h3-5,10-12,18H,6H2,1-2H3. The minimum atomic E-state index is -4.74. The fourth-order valence-corrected chi connectivity index (χ4v) is 2.26. The lowest BCUT2D eigenvalue weighted by molar-refractivity contribution is -0.140. The molecule has 0 saturated heterocycles. The summed E-state index contributed by atoms with van der Waals surface area (Å²) in [4.78, 5) is 0. The van der Waals surface area contributed by atoms with Crippen molar-refractivity contribution in [2.24, 2.45) is 0 Å². The van der Waals surface area contributed by atoms with Crippen LogP contribution in [-0.4, -0.2) is 32.4 Å². The summed E-state index contributed by atoms with van der Waals surface area (Å²) in [6.45, 7) is 0. The SMILES string of the molecule is CNC1CC(Oc2ccc(F)c(C(F)(F)F)c2)C1OC. The van der Waals surface area contributed by atoms with E-state index in [4.69, 9.17) is 9.47 Å². The lowest BCUT2D eigenvalue weighted by Gasteiger charge is -2.43. The number of likely N-dealkylation sites (N-methyl/N-ethyl adjacent to an activating group) is 1. The summed E-state index contributed by atoms with van der Waals surface area (Å²) in [7, 11) is 3.28. The normalized spacial score (nSPS) is 26.2. The van der Waals surface area contributed by atoms with Crippen molar-refractivity contribution < 1.29 is 27.0 Å². The Hall–Kier alpha value is -1.34. The van der Waals surface area contributed by atoms with Crippen LogP contribution >= 0.6 is 0 Å². The second kappa shape index (κ2) is 5.57. The third-order valence-electron chi connectivity index (χ3n) is 3.42. The molecule has 0 radical (unpaired) electrons. The predicted octanol–water partition coefficient (Wildman–Crippen LogP) is 2.60. The van der Waals surface area contributed by atoms with Crippen molar-refractivity contribution >= 4 is 0 Å². The molecule has 1 fully saturated rings. The minimum Gasteiger partial charge on any atom is -0.488 e. The summed E-state index contributed by atoms with van der Waals surface area (Å²) in [5, 5.41) is 3.02. The van der Waals surface area contributed by atoms with Gasteiger partial charge in [-0.2, -0.15) is 13.2 Å². The molecule has 1 aromatic carbocycles. The topological polar surface area (TPSA) is 30.5 Å². The number of halogens is 4. The van der Waals surface area contributed by atoms with Crippen molar-refractivity contribution in [2.75, 3.05) is 14.2 Å². The first-order valence-corrected chi connectivity index (χ1v) is 6.10. The van der Waals surface area contributed by atoms with Gasteiger partial charge in [-0.05, 0) is 25.2 Å². The molecule has 0 bridgehead atoms. The molecule has 112 valence electrons. The molecule has 0 heterocycles. The highest BCUT2D eigenvalue weighted by atomic mass is 19.4. The van der Waals surface area contributed by atoms with Crippen LogP contribution in [0.3, 0.4) is 0 Å². The van der Waals surface area contributed by atoms with Gasteiger partial charge in [-0.25, -0.2) is 4.39 Å². The van der Waals surface area contributed by atoms with Crippen LogP contribution < -0.4 is 10.1 Å². The zero-order chi connectivity index (χ0) is 14.9. The first kappa shape index (κ1) is 15.1. The van der Waals surface area contributed by atoms with Crippen LogP contribution in [0.4, 0.5) is 17.6 Å². The van der Waals surface area contributed by atoms with E-state index in [1.54, 1.807) is 7.05 Å². The van der Waals surface area contributed by atoms with Crippen LogP contribution in [0.1, 0.15) is 12.0 Å². The molecule has 1 N–H and O–H groups in total. The van der Waals surface area contributed by atoms with E-state index in [-0.39, 0.29) is 24.0 Å². The van der Waals surface area contributed by atoms with Crippen molar-refractivity contribution in [3.63, 3.8) is 0 Å². The molecule has 1 aliphatic rings. The first-order chi connectivity index (χ1) is 9.36. The summed E-state index contributed by atoms with van der Waals surface area (Å²) >= 11 is 0. The van der Waals surface area contributed by atoms with Crippen LogP contribution in [0.2, 0.25) is 0 Å². The summed E-state index contributed by atoms with van der Waals surface area (Å²) in [6, 6.07) is 2.72. The number of hydrogen-bond donors (Lipinski definition) is 1. The second-order valence-electron chi connectivity index (χ2n) is 4.63. The lowest BCUT2D eigenvalue weighted by atomic mass is 9.85. The summed E-state index contributed by atoms with van der Waals surface area (Å²) in [5.74, 6) is -1.32. The summed E-state index contributed by atoms with van der Waals surface area (Å²) in [5.41, 5.74) is -1.33. The van der Waals surface area contributed by atoms with Gasteiger partial charge in [-0.15, -0.1) is 0 Å². The average Bonchev–Trinajstić information content (AvgIpc) is 2.35. The van der Waals surface area contributed by atoms with Gasteiger partial charge in [0.05, 0.1) is 5.56 Å². The van der Waals surface area contributed by atoms with Crippen LogP contribution in [0.25, 0.3) is 0 Å². The molecular weight excluding hydrogens is 278 g/mol. The third-order valence-corrected chi connectivity index (χ3v) is 3.42. The summed E-state index contributed by atoms with van der Waals surface area (Å²) < 4.78 is 61.6. The molecule has 1 aromatic rings. The fourth-order valence-electron chi connectivity index (χ4n) is 2.26. The van der Waals surface area contributed by atoms with Gasteiger partial charge in [-0.1, -0.05) is 0 Å². The number of benzene rings is 1. The maximum Gasteiger partial charge on any atom is 0.419 e. The van der Waals surface area contributed by atoms with Crippen LogP contribution in [0.15, 0.2) is 18.2 Å². The van der Waals surface area contributed by atoms with Gasteiger partial charge < -0.3 is 14.8 Å². The molecule has 2 rings (SSSR count). The Morgan fingerprint density at radius 2 is 2.00 bits per heavy atom. The Balaban J connectivity index is 2.11. The average molecular weight is 293 g/mol. The molecule has 0 aromatic heterocycles. The molecule has 3 atom stereocenters. The van der Waals surface area contributed by atoms with E-state index in [9.17, 15) is 17.6 Å².